The normalized spacial score (nSPS) is 12.4. The molecule has 1 unspecified atom stereocenters. The fourth-order valence-electron chi connectivity index (χ4n) is 2.01. The van der Waals surface area contributed by atoms with E-state index in [4.69, 9.17) is 0 Å². The Labute approximate surface area is 114 Å². The lowest BCUT2D eigenvalue weighted by Gasteiger charge is -2.14. The third-order valence-corrected chi connectivity index (χ3v) is 3.40. The number of benzene rings is 2. The van der Waals surface area contributed by atoms with Crippen LogP contribution in [0.3, 0.4) is 0 Å². The minimum absolute atomic E-state index is 0.271. The van der Waals surface area contributed by atoms with E-state index < -0.39 is 6.10 Å². The summed E-state index contributed by atoms with van der Waals surface area (Å²) < 4.78 is 14.1. The molecule has 2 aromatic rings. The van der Waals surface area contributed by atoms with Gasteiger partial charge in [0.25, 0.3) is 0 Å². The average Bonchev–Trinajstić information content (AvgIpc) is 2.28. The Balaban J connectivity index is 2.19. The van der Waals surface area contributed by atoms with Gasteiger partial charge in [-0.3, -0.25) is 0 Å². The van der Waals surface area contributed by atoms with Gasteiger partial charge in [-0.25, -0.2) is 4.39 Å². The van der Waals surface area contributed by atoms with Gasteiger partial charge in [-0.05, 0) is 47.9 Å². The van der Waals surface area contributed by atoms with Crippen LogP contribution in [0, 0.1) is 12.7 Å². The summed E-state index contributed by atoms with van der Waals surface area (Å²) in [5.74, 6) is -0.271. The van der Waals surface area contributed by atoms with E-state index in [0.717, 1.165) is 21.2 Å². The highest BCUT2D eigenvalue weighted by Crippen LogP contribution is 2.24. The third kappa shape index (κ3) is 3.18. The van der Waals surface area contributed by atoms with E-state index in [0.29, 0.717) is 6.42 Å². The van der Waals surface area contributed by atoms with Crippen molar-refractivity contribution < 1.29 is 9.50 Å². The van der Waals surface area contributed by atoms with Crippen LogP contribution in [0.15, 0.2) is 46.9 Å². The molecule has 0 radical (unpaired) electrons. The first-order chi connectivity index (χ1) is 8.56. The Morgan fingerprint density at radius 2 is 2.00 bits per heavy atom. The molecule has 0 amide bonds. The Bertz CT molecular complexity index is 554. The first-order valence-corrected chi connectivity index (χ1v) is 6.54. The monoisotopic (exact) mass is 308 g/mol. The van der Waals surface area contributed by atoms with E-state index in [1.807, 2.05) is 31.2 Å². The van der Waals surface area contributed by atoms with Crippen molar-refractivity contribution in [2.75, 3.05) is 0 Å². The second-order valence-electron chi connectivity index (χ2n) is 4.35. The quantitative estimate of drug-likeness (QED) is 0.902. The number of aliphatic hydroxyl groups is 1. The zero-order valence-electron chi connectivity index (χ0n) is 10.0. The fourth-order valence-corrected chi connectivity index (χ4v) is 2.49. The topological polar surface area (TPSA) is 20.2 Å². The highest BCUT2D eigenvalue weighted by molar-refractivity contribution is 9.10. The van der Waals surface area contributed by atoms with Gasteiger partial charge in [0.1, 0.15) is 5.82 Å². The predicted molar refractivity (Wildman–Crippen MR) is 73.9 cm³/mol. The second-order valence-corrected chi connectivity index (χ2v) is 5.27. The minimum Gasteiger partial charge on any atom is -0.388 e. The number of rotatable bonds is 3. The van der Waals surface area contributed by atoms with Crippen LogP contribution in [-0.2, 0) is 6.42 Å². The van der Waals surface area contributed by atoms with Crippen LogP contribution < -0.4 is 0 Å². The highest BCUT2D eigenvalue weighted by atomic mass is 79.9. The molecule has 0 aromatic heterocycles. The van der Waals surface area contributed by atoms with Gasteiger partial charge in [0.15, 0.2) is 0 Å². The van der Waals surface area contributed by atoms with E-state index in [1.54, 1.807) is 6.07 Å². The molecule has 0 fully saturated rings. The van der Waals surface area contributed by atoms with Crippen molar-refractivity contribution in [3.63, 3.8) is 0 Å². The maximum absolute atomic E-state index is 13.1. The van der Waals surface area contributed by atoms with Gasteiger partial charge in [0.2, 0.25) is 0 Å². The van der Waals surface area contributed by atoms with Crippen molar-refractivity contribution in [3.8, 4) is 0 Å². The lowest BCUT2D eigenvalue weighted by atomic mass is 9.98. The van der Waals surface area contributed by atoms with Crippen molar-refractivity contribution in [3.05, 3.63) is 69.4 Å². The maximum atomic E-state index is 13.1. The number of hydrogen-bond acceptors (Lipinski definition) is 1. The van der Waals surface area contributed by atoms with Crippen LogP contribution in [0.1, 0.15) is 22.8 Å². The smallest absolute Gasteiger partial charge is 0.123 e. The van der Waals surface area contributed by atoms with E-state index in [9.17, 15) is 9.50 Å². The van der Waals surface area contributed by atoms with E-state index in [1.165, 1.54) is 12.1 Å². The summed E-state index contributed by atoms with van der Waals surface area (Å²) in [6, 6.07) is 12.1. The van der Waals surface area contributed by atoms with Crippen molar-refractivity contribution in [1.82, 2.24) is 0 Å². The van der Waals surface area contributed by atoms with Crippen LogP contribution in [0.2, 0.25) is 0 Å². The molecule has 0 heterocycles. The summed E-state index contributed by atoms with van der Waals surface area (Å²) in [6.45, 7) is 1.95. The molecule has 1 atom stereocenters. The van der Waals surface area contributed by atoms with Crippen molar-refractivity contribution in [1.29, 1.82) is 0 Å². The Kier molecular flexibility index (Phi) is 4.15. The molecule has 2 aromatic carbocycles. The van der Waals surface area contributed by atoms with Gasteiger partial charge in [-0.1, -0.05) is 34.1 Å². The molecule has 0 aliphatic carbocycles. The highest BCUT2D eigenvalue weighted by Gasteiger charge is 2.11. The molecular formula is C15H14BrFO. The Hall–Kier alpha value is -1.19. The van der Waals surface area contributed by atoms with Crippen molar-refractivity contribution >= 4 is 15.9 Å². The van der Waals surface area contributed by atoms with Gasteiger partial charge in [0.05, 0.1) is 6.10 Å². The zero-order valence-corrected chi connectivity index (χ0v) is 11.6. The molecular weight excluding hydrogens is 295 g/mol. The predicted octanol–water partition coefficient (Wildman–Crippen LogP) is 4.17. The first-order valence-electron chi connectivity index (χ1n) is 5.75. The molecule has 3 heteroatoms. The van der Waals surface area contributed by atoms with E-state index in [-0.39, 0.29) is 5.82 Å². The minimum atomic E-state index is -0.611. The molecule has 1 N–H and O–H groups in total. The van der Waals surface area contributed by atoms with Gasteiger partial charge < -0.3 is 5.11 Å². The van der Waals surface area contributed by atoms with Crippen LogP contribution >= 0.6 is 15.9 Å². The Morgan fingerprint density at radius 1 is 1.22 bits per heavy atom. The number of aryl methyl sites for hydroxylation is 1. The van der Waals surface area contributed by atoms with Crippen LogP contribution in [0.5, 0.6) is 0 Å². The Morgan fingerprint density at radius 3 is 2.67 bits per heavy atom. The lowest BCUT2D eigenvalue weighted by molar-refractivity contribution is 0.177. The van der Waals surface area contributed by atoms with E-state index >= 15 is 0 Å². The van der Waals surface area contributed by atoms with E-state index in [2.05, 4.69) is 15.9 Å². The number of hydrogen-bond donors (Lipinski definition) is 1. The van der Waals surface area contributed by atoms with Crippen molar-refractivity contribution in [2.45, 2.75) is 19.4 Å². The number of halogens is 2. The molecule has 18 heavy (non-hydrogen) atoms. The average molecular weight is 309 g/mol. The third-order valence-electron chi connectivity index (χ3n) is 2.91. The van der Waals surface area contributed by atoms with Gasteiger partial charge in [-0.2, -0.15) is 0 Å². The molecule has 0 saturated carbocycles. The van der Waals surface area contributed by atoms with Crippen LogP contribution in [0.25, 0.3) is 0 Å². The molecule has 0 aliphatic rings. The molecule has 0 bridgehead atoms. The molecule has 94 valence electrons. The first kappa shape index (κ1) is 13.2. The van der Waals surface area contributed by atoms with Crippen molar-refractivity contribution in [2.24, 2.45) is 0 Å². The largest absolute Gasteiger partial charge is 0.388 e. The summed E-state index contributed by atoms with van der Waals surface area (Å²) >= 11 is 3.39. The van der Waals surface area contributed by atoms with Crippen LogP contribution in [0.4, 0.5) is 4.39 Å². The maximum Gasteiger partial charge on any atom is 0.123 e. The van der Waals surface area contributed by atoms with Crippen LogP contribution in [-0.4, -0.2) is 5.11 Å². The summed E-state index contributed by atoms with van der Waals surface area (Å²) in [7, 11) is 0. The summed E-state index contributed by atoms with van der Waals surface area (Å²) in [5, 5.41) is 10.2. The van der Waals surface area contributed by atoms with Gasteiger partial charge in [-0.15, -0.1) is 0 Å². The van der Waals surface area contributed by atoms with Gasteiger partial charge in [0, 0.05) is 10.9 Å². The summed E-state index contributed by atoms with van der Waals surface area (Å²) in [5.41, 5.74) is 2.69. The molecule has 0 aliphatic heterocycles. The summed E-state index contributed by atoms with van der Waals surface area (Å²) in [6.07, 6.45) is -0.194. The summed E-state index contributed by atoms with van der Waals surface area (Å²) in [4.78, 5) is 0. The standard InChI is InChI=1S/C15H14BrFO/c1-10-7-12(16)5-6-14(10)15(18)9-11-3-2-4-13(17)8-11/h2-8,15,18H,9H2,1H3. The lowest BCUT2D eigenvalue weighted by Crippen LogP contribution is -2.04. The van der Waals surface area contributed by atoms with Gasteiger partial charge >= 0.3 is 0 Å². The molecule has 1 nitrogen and oxygen atoms in total. The molecule has 0 saturated heterocycles. The SMILES string of the molecule is Cc1cc(Br)ccc1C(O)Cc1cccc(F)c1. The number of aliphatic hydroxyl groups excluding tert-OH is 1. The molecule has 2 rings (SSSR count). The zero-order chi connectivity index (χ0) is 13.1. The fraction of sp³-hybridized carbons (Fsp3) is 0.200. The second kappa shape index (κ2) is 5.63. The molecule has 0 spiro atoms.